The fourth-order valence-electron chi connectivity index (χ4n) is 1.91. The Morgan fingerprint density at radius 2 is 1.76 bits per heavy atom. The zero-order chi connectivity index (χ0) is 15.6. The lowest BCUT2D eigenvalue weighted by Gasteiger charge is -2.21. The average Bonchev–Trinajstić information content (AvgIpc) is 2.29. The molecule has 5 heteroatoms. The molecule has 0 spiro atoms. The molecular weight excluding hydrogens is 328 g/mol. The van der Waals surface area contributed by atoms with E-state index in [-0.39, 0.29) is 5.54 Å². The van der Waals surface area contributed by atoms with Crippen molar-refractivity contribution in [2.24, 2.45) is 0 Å². The number of anilines is 3. The normalized spacial score (nSPS) is 11.3. The van der Waals surface area contributed by atoms with E-state index >= 15 is 0 Å². The SMILES string of the molecule is Cc1ccc(Nc2nc(C)cc(NC(C)(C)C)n2)c(Br)c1. The van der Waals surface area contributed by atoms with Crippen molar-refractivity contribution in [3.05, 3.63) is 40.0 Å². The molecule has 2 aromatic rings. The summed E-state index contributed by atoms with van der Waals surface area (Å²) in [6, 6.07) is 8.08. The molecule has 1 aromatic heterocycles. The molecule has 4 nitrogen and oxygen atoms in total. The highest BCUT2D eigenvalue weighted by molar-refractivity contribution is 9.10. The summed E-state index contributed by atoms with van der Waals surface area (Å²) in [6.45, 7) is 10.3. The summed E-state index contributed by atoms with van der Waals surface area (Å²) in [6.07, 6.45) is 0. The maximum absolute atomic E-state index is 4.52. The minimum Gasteiger partial charge on any atom is -0.365 e. The average molecular weight is 349 g/mol. The molecular formula is C16H21BrN4. The van der Waals surface area contributed by atoms with E-state index < -0.39 is 0 Å². The van der Waals surface area contributed by atoms with Gasteiger partial charge in [0.25, 0.3) is 0 Å². The third-order valence-electron chi connectivity index (χ3n) is 2.73. The highest BCUT2D eigenvalue weighted by atomic mass is 79.9. The zero-order valence-electron chi connectivity index (χ0n) is 13.1. The second-order valence-electron chi connectivity index (χ2n) is 6.20. The maximum atomic E-state index is 4.52. The van der Waals surface area contributed by atoms with Crippen LogP contribution in [0.2, 0.25) is 0 Å². The molecule has 0 amide bonds. The number of aromatic nitrogens is 2. The Hall–Kier alpha value is -1.62. The first-order chi connectivity index (χ1) is 9.73. The second-order valence-corrected chi connectivity index (χ2v) is 7.06. The Labute approximate surface area is 134 Å². The number of halogens is 1. The summed E-state index contributed by atoms with van der Waals surface area (Å²) in [7, 11) is 0. The van der Waals surface area contributed by atoms with Crippen LogP contribution in [0.25, 0.3) is 0 Å². The molecule has 112 valence electrons. The van der Waals surface area contributed by atoms with Crippen molar-refractivity contribution >= 4 is 33.4 Å². The molecule has 0 fully saturated rings. The van der Waals surface area contributed by atoms with Gasteiger partial charge in [-0.25, -0.2) is 4.98 Å². The molecule has 21 heavy (non-hydrogen) atoms. The first kappa shape index (κ1) is 15.8. The number of nitrogens with one attached hydrogen (secondary N) is 2. The molecule has 2 N–H and O–H groups in total. The number of rotatable bonds is 3. The summed E-state index contributed by atoms with van der Waals surface area (Å²) >= 11 is 3.56. The van der Waals surface area contributed by atoms with Gasteiger partial charge < -0.3 is 10.6 Å². The van der Waals surface area contributed by atoms with Gasteiger partial charge in [0.2, 0.25) is 5.95 Å². The van der Waals surface area contributed by atoms with Crippen LogP contribution in [0.5, 0.6) is 0 Å². The Morgan fingerprint density at radius 3 is 2.38 bits per heavy atom. The van der Waals surface area contributed by atoms with E-state index in [4.69, 9.17) is 0 Å². The summed E-state index contributed by atoms with van der Waals surface area (Å²) in [4.78, 5) is 8.96. The lowest BCUT2D eigenvalue weighted by atomic mass is 10.1. The van der Waals surface area contributed by atoms with Gasteiger partial charge in [0.15, 0.2) is 0 Å². The molecule has 2 rings (SSSR count). The third-order valence-corrected chi connectivity index (χ3v) is 3.38. The Morgan fingerprint density at radius 1 is 1.05 bits per heavy atom. The van der Waals surface area contributed by atoms with E-state index in [9.17, 15) is 0 Å². The van der Waals surface area contributed by atoms with Crippen LogP contribution >= 0.6 is 15.9 Å². The van der Waals surface area contributed by atoms with E-state index in [1.54, 1.807) is 0 Å². The number of hydrogen-bond acceptors (Lipinski definition) is 4. The minimum absolute atomic E-state index is 0.0392. The van der Waals surface area contributed by atoms with Gasteiger partial charge in [0, 0.05) is 21.8 Å². The van der Waals surface area contributed by atoms with E-state index in [2.05, 4.69) is 76.4 Å². The van der Waals surface area contributed by atoms with Crippen LogP contribution in [0.15, 0.2) is 28.7 Å². The van der Waals surface area contributed by atoms with Gasteiger partial charge in [0.1, 0.15) is 5.82 Å². The van der Waals surface area contributed by atoms with Crippen molar-refractivity contribution in [2.45, 2.75) is 40.2 Å². The number of aryl methyl sites for hydroxylation is 2. The van der Waals surface area contributed by atoms with Gasteiger partial charge in [-0.2, -0.15) is 4.98 Å². The quantitative estimate of drug-likeness (QED) is 0.835. The highest BCUT2D eigenvalue weighted by Gasteiger charge is 2.12. The van der Waals surface area contributed by atoms with Gasteiger partial charge >= 0.3 is 0 Å². The third kappa shape index (κ3) is 4.70. The molecule has 0 aliphatic carbocycles. The molecule has 0 aliphatic heterocycles. The zero-order valence-corrected chi connectivity index (χ0v) is 14.7. The summed E-state index contributed by atoms with van der Waals surface area (Å²) in [5.74, 6) is 1.41. The van der Waals surface area contributed by atoms with Gasteiger partial charge in [-0.1, -0.05) is 6.07 Å². The predicted octanol–water partition coefficient (Wildman–Crippen LogP) is 4.81. The monoisotopic (exact) mass is 348 g/mol. The molecule has 0 aliphatic rings. The lowest BCUT2D eigenvalue weighted by Crippen LogP contribution is -2.27. The van der Waals surface area contributed by atoms with Crippen LogP contribution in [-0.2, 0) is 0 Å². The Balaban J connectivity index is 2.27. The van der Waals surface area contributed by atoms with Gasteiger partial charge in [0.05, 0.1) is 5.69 Å². The molecule has 0 saturated heterocycles. The fourth-order valence-corrected chi connectivity index (χ4v) is 2.51. The number of hydrogen-bond donors (Lipinski definition) is 2. The van der Waals surface area contributed by atoms with Crippen molar-refractivity contribution in [3.63, 3.8) is 0 Å². The molecule has 0 atom stereocenters. The molecule has 1 aromatic carbocycles. The van der Waals surface area contributed by atoms with Crippen molar-refractivity contribution in [2.75, 3.05) is 10.6 Å². The summed E-state index contributed by atoms with van der Waals surface area (Å²) in [5.41, 5.74) is 3.03. The first-order valence-electron chi connectivity index (χ1n) is 6.90. The standard InChI is InChI=1S/C16H21BrN4/c1-10-6-7-13(12(17)8-10)19-15-18-11(2)9-14(20-15)21-16(3,4)5/h6-9H,1-5H3,(H2,18,19,20,21). The van der Waals surface area contributed by atoms with Crippen LogP contribution in [0.1, 0.15) is 32.0 Å². The van der Waals surface area contributed by atoms with Crippen LogP contribution in [-0.4, -0.2) is 15.5 Å². The number of benzene rings is 1. The van der Waals surface area contributed by atoms with E-state index in [1.165, 1.54) is 5.56 Å². The first-order valence-corrected chi connectivity index (χ1v) is 7.69. The second kappa shape index (κ2) is 6.02. The fraction of sp³-hybridized carbons (Fsp3) is 0.375. The van der Waals surface area contributed by atoms with Gasteiger partial charge in [-0.15, -0.1) is 0 Å². The smallest absolute Gasteiger partial charge is 0.229 e. The molecule has 0 radical (unpaired) electrons. The molecule has 0 bridgehead atoms. The van der Waals surface area contributed by atoms with Crippen LogP contribution in [0, 0.1) is 13.8 Å². The topological polar surface area (TPSA) is 49.8 Å². The van der Waals surface area contributed by atoms with E-state index in [1.807, 2.05) is 19.1 Å². The summed E-state index contributed by atoms with van der Waals surface area (Å²) in [5, 5.41) is 6.63. The molecule has 1 heterocycles. The van der Waals surface area contributed by atoms with E-state index in [0.29, 0.717) is 5.95 Å². The van der Waals surface area contributed by atoms with Crippen LogP contribution in [0.4, 0.5) is 17.5 Å². The van der Waals surface area contributed by atoms with Crippen LogP contribution < -0.4 is 10.6 Å². The minimum atomic E-state index is -0.0392. The predicted molar refractivity (Wildman–Crippen MR) is 92.3 cm³/mol. The summed E-state index contributed by atoms with van der Waals surface area (Å²) < 4.78 is 0.998. The van der Waals surface area contributed by atoms with E-state index in [0.717, 1.165) is 21.7 Å². The van der Waals surface area contributed by atoms with Crippen molar-refractivity contribution in [1.29, 1.82) is 0 Å². The largest absolute Gasteiger partial charge is 0.365 e. The number of nitrogens with zero attached hydrogens (tertiary/aromatic N) is 2. The lowest BCUT2D eigenvalue weighted by molar-refractivity contribution is 0.630. The van der Waals surface area contributed by atoms with Crippen molar-refractivity contribution in [3.8, 4) is 0 Å². The van der Waals surface area contributed by atoms with Crippen LogP contribution in [0.3, 0.4) is 0 Å². The Bertz CT molecular complexity index is 647. The highest BCUT2D eigenvalue weighted by Crippen LogP contribution is 2.26. The molecule has 0 saturated carbocycles. The Kier molecular flexibility index (Phi) is 4.52. The molecule has 0 unspecified atom stereocenters. The van der Waals surface area contributed by atoms with Gasteiger partial charge in [-0.05, 0) is 68.2 Å². The van der Waals surface area contributed by atoms with Crippen molar-refractivity contribution in [1.82, 2.24) is 9.97 Å². The van der Waals surface area contributed by atoms with Gasteiger partial charge in [-0.3, -0.25) is 0 Å². The van der Waals surface area contributed by atoms with Crippen molar-refractivity contribution < 1.29 is 0 Å². The maximum Gasteiger partial charge on any atom is 0.229 e.